The molecule has 0 spiro atoms. The molecule has 1 unspecified atom stereocenters. The van der Waals surface area contributed by atoms with E-state index in [1.54, 1.807) is 6.92 Å². The number of nitrogens with zero attached hydrogens (tertiary/aromatic N) is 1. The highest BCUT2D eigenvalue weighted by molar-refractivity contribution is 7.99. The van der Waals surface area contributed by atoms with E-state index in [1.807, 2.05) is 30.0 Å². The van der Waals surface area contributed by atoms with Gasteiger partial charge in [0.2, 0.25) is 0 Å². The number of hydrogen-bond donors (Lipinski definition) is 0. The Morgan fingerprint density at radius 3 is 3.00 bits per heavy atom. The zero-order chi connectivity index (χ0) is 13.7. The molecule has 1 saturated heterocycles. The summed E-state index contributed by atoms with van der Waals surface area (Å²) in [5.74, 6) is 1.28. The molecule has 2 rings (SSSR count). The van der Waals surface area contributed by atoms with Crippen molar-refractivity contribution in [3.63, 3.8) is 0 Å². The first kappa shape index (κ1) is 14.6. The normalized spacial score (nSPS) is 20.4. The number of hydrogen-bond acceptors (Lipinski definition) is 3. The second-order valence-corrected chi connectivity index (χ2v) is 6.52. The standard InChI is InChI=1S/C16H23NOS/c1-13(18)14-6-5-8-16(12-14)19-11-9-15-7-3-4-10-17(15)2/h5-6,8,12,15H,3-4,7,9-11H2,1-2H3. The Morgan fingerprint density at radius 2 is 2.26 bits per heavy atom. The Hall–Kier alpha value is -0.800. The van der Waals surface area contributed by atoms with Gasteiger partial charge in [-0.1, -0.05) is 18.6 Å². The molecule has 3 heteroatoms. The summed E-state index contributed by atoms with van der Waals surface area (Å²) < 4.78 is 0. The zero-order valence-electron chi connectivity index (χ0n) is 11.9. The average Bonchev–Trinajstić information content (AvgIpc) is 2.41. The van der Waals surface area contributed by atoms with E-state index in [2.05, 4.69) is 18.0 Å². The zero-order valence-corrected chi connectivity index (χ0v) is 12.7. The van der Waals surface area contributed by atoms with E-state index in [4.69, 9.17) is 0 Å². The van der Waals surface area contributed by atoms with Crippen LogP contribution < -0.4 is 0 Å². The third-order valence-corrected chi connectivity index (χ3v) is 4.91. The first-order valence-electron chi connectivity index (χ1n) is 7.11. The summed E-state index contributed by atoms with van der Waals surface area (Å²) in [6, 6.07) is 8.73. The van der Waals surface area contributed by atoms with Gasteiger partial charge in [0.25, 0.3) is 0 Å². The van der Waals surface area contributed by atoms with Crippen LogP contribution in [0, 0.1) is 0 Å². The Balaban J connectivity index is 1.82. The molecule has 0 amide bonds. The third kappa shape index (κ3) is 4.36. The van der Waals surface area contributed by atoms with Crippen molar-refractivity contribution in [1.29, 1.82) is 0 Å². The maximum absolute atomic E-state index is 11.3. The summed E-state index contributed by atoms with van der Waals surface area (Å²) in [7, 11) is 2.24. The minimum absolute atomic E-state index is 0.148. The maximum Gasteiger partial charge on any atom is 0.159 e. The fraction of sp³-hybridized carbons (Fsp3) is 0.562. The van der Waals surface area contributed by atoms with Crippen LogP contribution in [0.15, 0.2) is 29.2 Å². The molecule has 104 valence electrons. The Labute approximate surface area is 120 Å². The van der Waals surface area contributed by atoms with Crippen molar-refractivity contribution in [2.45, 2.75) is 43.5 Å². The lowest BCUT2D eigenvalue weighted by Crippen LogP contribution is -2.36. The highest BCUT2D eigenvalue weighted by Gasteiger charge is 2.18. The van der Waals surface area contributed by atoms with Crippen LogP contribution in [0.4, 0.5) is 0 Å². The number of ketones is 1. The Kier molecular flexibility index (Phi) is 5.46. The molecule has 0 bridgehead atoms. The van der Waals surface area contributed by atoms with Gasteiger partial charge in [-0.25, -0.2) is 0 Å². The number of thioether (sulfide) groups is 1. The van der Waals surface area contributed by atoms with Crippen molar-refractivity contribution in [1.82, 2.24) is 4.90 Å². The van der Waals surface area contributed by atoms with Crippen molar-refractivity contribution < 1.29 is 4.79 Å². The molecule has 0 radical (unpaired) electrons. The summed E-state index contributed by atoms with van der Waals surface area (Å²) in [5, 5.41) is 0. The van der Waals surface area contributed by atoms with Crippen LogP contribution in [0.2, 0.25) is 0 Å². The number of carbonyl (C=O) groups excluding carboxylic acids is 1. The summed E-state index contributed by atoms with van der Waals surface area (Å²) in [6.07, 6.45) is 5.30. The lowest BCUT2D eigenvalue weighted by Gasteiger charge is -2.32. The number of likely N-dealkylation sites (tertiary alicyclic amines) is 1. The van der Waals surface area contributed by atoms with Gasteiger partial charge in [-0.3, -0.25) is 4.79 Å². The van der Waals surface area contributed by atoms with E-state index in [-0.39, 0.29) is 5.78 Å². The monoisotopic (exact) mass is 277 g/mol. The first-order valence-corrected chi connectivity index (χ1v) is 8.09. The van der Waals surface area contributed by atoms with Crippen molar-refractivity contribution in [3.8, 4) is 0 Å². The van der Waals surface area contributed by atoms with Gasteiger partial charge in [0, 0.05) is 16.5 Å². The fourth-order valence-electron chi connectivity index (χ4n) is 2.63. The molecule has 1 aliphatic rings. The number of Topliss-reactive ketones (excluding diaryl/α,β-unsaturated/α-hetero) is 1. The molecular formula is C16H23NOS. The van der Waals surface area contributed by atoms with Gasteiger partial charge in [-0.2, -0.15) is 0 Å². The van der Waals surface area contributed by atoms with Gasteiger partial charge >= 0.3 is 0 Å². The second-order valence-electron chi connectivity index (χ2n) is 5.35. The fourth-order valence-corrected chi connectivity index (χ4v) is 3.64. The third-order valence-electron chi connectivity index (χ3n) is 3.88. The average molecular weight is 277 g/mol. The molecule has 0 aliphatic carbocycles. The molecule has 0 aromatic heterocycles. The molecule has 0 saturated carbocycles. The van der Waals surface area contributed by atoms with Crippen LogP contribution in [0.25, 0.3) is 0 Å². The molecule has 1 aromatic rings. The number of carbonyl (C=O) groups is 1. The SMILES string of the molecule is CC(=O)c1cccc(SCCC2CCCCN2C)c1. The van der Waals surface area contributed by atoms with Gasteiger partial charge in [0.05, 0.1) is 0 Å². The van der Waals surface area contributed by atoms with Crippen LogP contribution in [-0.2, 0) is 0 Å². The van der Waals surface area contributed by atoms with Crippen LogP contribution in [-0.4, -0.2) is 36.1 Å². The molecule has 1 fully saturated rings. The highest BCUT2D eigenvalue weighted by atomic mass is 32.2. The summed E-state index contributed by atoms with van der Waals surface area (Å²) in [4.78, 5) is 15.1. The van der Waals surface area contributed by atoms with Gasteiger partial charge in [0.15, 0.2) is 5.78 Å². The summed E-state index contributed by atoms with van der Waals surface area (Å²) in [5.41, 5.74) is 0.819. The number of piperidine rings is 1. The lowest BCUT2D eigenvalue weighted by atomic mass is 10.0. The van der Waals surface area contributed by atoms with Crippen molar-refractivity contribution in [2.24, 2.45) is 0 Å². The molecule has 1 atom stereocenters. The van der Waals surface area contributed by atoms with Gasteiger partial charge in [-0.15, -0.1) is 11.8 Å². The van der Waals surface area contributed by atoms with Crippen molar-refractivity contribution in [2.75, 3.05) is 19.3 Å². The highest BCUT2D eigenvalue weighted by Crippen LogP contribution is 2.24. The predicted molar refractivity (Wildman–Crippen MR) is 82.1 cm³/mol. The molecule has 0 N–H and O–H groups in total. The lowest BCUT2D eigenvalue weighted by molar-refractivity contribution is 0.101. The number of benzene rings is 1. The van der Waals surface area contributed by atoms with Crippen molar-refractivity contribution >= 4 is 17.5 Å². The van der Waals surface area contributed by atoms with Crippen LogP contribution in [0.1, 0.15) is 43.0 Å². The Bertz CT molecular complexity index is 433. The summed E-state index contributed by atoms with van der Waals surface area (Å²) >= 11 is 1.87. The largest absolute Gasteiger partial charge is 0.303 e. The molecule has 2 nitrogen and oxygen atoms in total. The van der Waals surface area contributed by atoms with E-state index in [1.165, 1.54) is 37.1 Å². The molecule has 19 heavy (non-hydrogen) atoms. The van der Waals surface area contributed by atoms with Gasteiger partial charge in [0.1, 0.15) is 0 Å². The minimum Gasteiger partial charge on any atom is -0.303 e. The second kappa shape index (κ2) is 7.11. The van der Waals surface area contributed by atoms with Crippen molar-refractivity contribution in [3.05, 3.63) is 29.8 Å². The quantitative estimate of drug-likeness (QED) is 0.602. The van der Waals surface area contributed by atoms with Gasteiger partial charge in [-0.05, 0) is 57.7 Å². The Morgan fingerprint density at radius 1 is 1.42 bits per heavy atom. The number of rotatable bonds is 5. The van der Waals surface area contributed by atoms with E-state index >= 15 is 0 Å². The molecular weight excluding hydrogens is 254 g/mol. The minimum atomic E-state index is 0.148. The molecule has 1 heterocycles. The maximum atomic E-state index is 11.3. The predicted octanol–water partition coefficient (Wildman–Crippen LogP) is 3.86. The van der Waals surface area contributed by atoms with Crippen LogP contribution in [0.5, 0.6) is 0 Å². The first-order chi connectivity index (χ1) is 9.16. The van der Waals surface area contributed by atoms with E-state index in [0.29, 0.717) is 0 Å². The summed E-state index contributed by atoms with van der Waals surface area (Å²) in [6.45, 7) is 2.87. The van der Waals surface area contributed by atoms with E-state index in [9.17, 15) is 4.79 Å². The van der Waals surface area contributed by atoms with E-state index in [0.717, 1.165) is 17.4 Å². The topological polar surface area (TPSA) is 20.3 Å². The molecule has 1 aromatic carbocycles. The van der Waals surface area contributed by atoms with Gasteiger partial charge < -0.3 is 4.90 Å². The van der Waals surface area contributed by atoms with E-state index < -0.39 is 0 Å². The smallest absolute Gasteiger partial charge is 0.159 e. The molecule has 1 aliphatic heterocycles. The van der Waals surface area contributed by atoms with Crippen LogP contribution in [0.3, 0.4) is 0 Å². The van der Waals surface area contributed by atoms with Crippen LogP contribution >= 0.6 is 11.8 Å².